The Morgan fingerprint density at radius 1 is 1.08 bits per heavy atom. The van der Waals surface area contributed by atoms with Gasteiger partial charge >= 0.3 is 0 Å². The van der Waals surface area contributed by atoms with Crippen LogP contribution in [-0.2, 0) is 6.42 Å². The van der Waals surface area contributed by atoms with Gasteiger partial charge in [-0.3, -0.25) is 4.79 Å². The quantitative estimate of drug-likeness (QED) is 0.739. The summed E-state index contributed by atoms with van der Waals surface area (Å²) in [5, 5.41) is 3.03. The first-order valence-corrected chi connectivity index (χ1v) is 8.28. The summed E-state index contributed by atoms with van der Waals surface area (Å²) in [5.74, 6) is -0.118. The maximum atomic E-state index is 13.6. The van der Waals surface area contributed by atoms with Crippen molar-refractivity contribution in [3.05, 3.63) is 83.9 Å². The normalized spacial score (nSPS) is 10.4. The molecule has 3 rings (SSSR count). The lowest BCUT2D eigenvalue weighted by atomic mass is 10.1. The number of nitrogens with zero attached hydrogens (tertiary/aromatic N) is 3. The lowest BCUT2D eigenvalue weighted by molar-refractivity contribution is 0.0988. The first-order valence-electron chi connectivity index (χ1n) is 8.28. The fourth-order valence-corrected chi connectivity index (χ4v) is 2.51. The Labute approximate surface area is 151 Å². The molecule has 0 saturated heterocycles. The fourth-order valence-electron chi connectivity index (χ4n) is 2.51. The summed E-state index contributed by atoms with van der Waals surface area (Å²) >= 11 is 0. The standard InChI is InChI=1S/C20H19FN4O/c1-25(16-8-3-2-4-9-16)19(26)18-12-14-23-20(24-18)22-13-11-15-7-5-6-10-17(15)21/h2-10,12,14H,11,13H2,1H3,(H,22,23,24). The number of rotatable bonds is 6. The van der Waals surface area contributed by atoms with Gasteiger partial charge in [0.25, 0.3) is 5.91 Å². The van der Waals surface area contributed by atoms with Crippen LogP contribution >= 0.6 is 0 Å². The largest absolute Gasteiger partial charge is 0.354 e. The molecule has 1 aromatic heterocycles. The Morgan fingerprint density at radius 2 is 1.81 bits per heavy atom. The number of benzene rings is 2. The second kappa shape index (κ2) is 8.20. The van der Waals surface area contributed by atoms with Crippen molar-refractivity contribution in [1.82, 2.24) is 9.97 Å². The topological polar surface area (TPSA) is 58.1 Å². The van der Waals surface area contributed by atoms with Gasteiger partial charge in [0.2, 0.25) is 5.95 Å². The van der Waals surface area contributed by atoms with Gasteiger partial charge in [0.05, 0.1) is 0 Å². The van der Waals surface area contributed by atoms with E-state index in [-0.39, 0.29) is 11.7 Å². The van der Waals surface area contributed by atoms with E-state index < -0.39 is 0 Å². The molecule has 0 aliphatic carbocycles. The minimum Gasteiger partial charge on any atom is -0.354 e. The molecule has 0 spiro atoms. The zero-order valence-corrected chi connectivity index (χ0v) is 14.4. The van der Waals surface area contributed by atoms with Crippen molar-refractivity contribution in [1.29, 1.82) is 0 Å². The van der Waals surface area contributed by atoms with Gasteiger partial charge in [0.15, 0.2) is 0 Å². The van der Waals surface area contributed by atoms with Crippen LogP contribution in [0.4, 0.5) is 16.0 Å². The zero-order chi connectivity index (χ0) is 18.4. The van der Waals surface area contributed by atoms with Gasteiger partial charge in [-0.15, -0.1) is 0 Å². The number of halogens is 1. The molecule has 0 aliphatic rings. The van der Waals surface area contributed by atoms with Gasteiger partial charge in [-0.05, 0) is 36.2 Å². The molecule has 0 atom stereocenters. The molecule has 6 heteroatoms. The first-order chi connectivity index (χ1) is 12.6. The van der Waals surface area contributed by atoms with Crippen LogP contribution in [0.2, 0.25) is 0 Å². The van der Waals surface area contributed by atoms with Crippen LogP contribution in [0.1, 0.15) is 16.1 Å². The highest BCUT2D eigenvalue weighted by molar-refractivity contribution is 6.04. The van der Waals surface area contributed by atoms with E-state index in [4.69, 9.17) is 0 Å². The van der Waals surface area contributed by atoms with Gasteiger partial charge in [0, 0.05) is 25.5 Å². The minimum absolute atomic E-state index is 0.226. The number of para-hydroxylation sites is 1. The number of carbonyl (C=O) groups excluding carboxylic acids is 1. The van der Waals surface area contributed by atoms with Crippen molar-refractivity contribution in [2.24, 2.45) is 0 Å². The summed E-state index contributed by atoms with van der Waals surface area (Å²) in [6.45, 7) is 0.465. The van der Waals surface area contributed by atoms with E-state index in [0.29, 0.717) is 30.2 Å². The Balaban J connectivity index is 1.64. The molecule has 2 aromatic carbocycles. The van der Waals surface area contributed by atoms with Crippen LogP contribution in [0, 0.1) is 5.82 Å². The Hall–Kier alpha value is -3.28. The number of hydrogen-bond donors (Lipinski definition) is 1. The summed E-state index contributed by atoms with van der Waals surface area (Å²) in [7, 11) is 1.70. The third-order valence-corrected chi connectivity index (χ3v) is 3.96. The summed E-state index contributed by atoms with van der Waals surface area (Å²) in [6, 6.07) is 17.6. The van der Waals surface area contributed by atoms with Crippen LogP contribution in [0.15, 0.2) is 66.9 Å². The maximum absolute atomic E-state index is 13.6. The molecule has 1 amide bonds. The van der Waals surface area contributed by atoms with Crippen LogP contribution in [-0.4, -0.2) is 29.5 Å². The maximum Gasteiger partial charge on any atom is 0.276 e. The molecule has 132 valence electrons. The van der Waals surface area contributed by atoms with Crippen LogP contribution in [0.3, 0.4) is 0 Å². The molecule has 0 saturated carbocycles. The van der Waals surface area contributed by atoms with E-state index in [1.807, 2.05) is 30.3 Å². The number of amides is 1. The monoisotopic (exact) mass is 350 g/mol. The molecular weight excluding hydrogens is 331 g/mol. The Kier molecular flexibility index (Phi) is 5.53. The summed E-state index contributed by atoms with van der Waals surface area (Å²) in [4.78, 5) is 22.5. The first kappa shape index (κ1) is 17.5. The molecule has 0 bridgehead atoms. The lowest BCUT2D eigenvalue weighted by Crippen LogP contribution is -2.27. The van der Waals surface area contributed by atoms with E-state index in [0.717, 1.165) is 5.69 Å². The van der Waals surface area contributed by atoms with Crippen molar-refractivity contribution in [3.63, 3.8) is 0 Å². The lowest BCUT2D eigenvalue weighted by Gasteiger charge is -2.17. The van der Waals surface area contributed by atoms with Crippen LogP contribution in [0.25, 0.3) is 0 Å². The molecule has 0 unspecified atom stereocenters. The highest BCUT2D eigenvalue weighted by atomic mass is 19.1. The van der Waals surface area contributed by atoms with E-state index in [9.17, 15) is 9.18 Å². The minimum atomic E-state index is -0.233. The summed E-state index contributed by atoms with van der Waals surface area (Å²) in [6.07, 6.45) is 2.03. The molecule has 1 heterocycles. The molecule has 5 nitrogen and oxygen atoms in total. The van der Waals surface area contributed by atoms with Crippen molar-refractivity contribution >= 4 is 17.5 Å². The molecule has 0 radical (unpaired) electrons. The summed E-state index contributed by atoms with van der Waals surface area (Å²) in [5.41, 5.74) is 1.70. The van der Waals surface area contributed by atoms with Gasteiger partial charge in [-0.25, -0.2) is 14.4 Å². The molecule has 1 N–H and O–H groups in total. The number of anilines is 2. The van der Waals surface area contributed by atoms with E-state index >= 15 is 0 Å². The van der Waals surface area contributed by atoms with Gasteiger partial charge in [-0.2, -0.15) is 0 Å². The third kappa shape index (κ3) is 4.22. The van der Waals surface area contributed by atoms with E-state index in [1.165, 1.54) is 17.2 Å². The summed E-state index contributed by atoms with van der Waals surface area (Å²) < 4.78 is 13.6. The molecule has 0 aliphatic heterocycles. The number of aromatic nitrogens is 2. The average Bonchev–Trinajstić information content (AvgIpc) is 2.69. The predicted octanol–water partition coefficient (Wildman–Crippen LogP) is 3.55. The van der Waals surface area contributed by atoms with Crippen molar-refractivity contribution in [2.45, 2.75) is 6.42 Å². The van der Waals surface area contributed by atoms with E-state index in [2.05, 4.69) is 15.3 Å². The zero-order valence-electron chi connectivity index (χ0n) is 14.4. The molecular formula is C20H19FN4O. The highest BCUT2D eigenvalue weighted by Gasteiger charge is 2.15. The second-order valence-corrected chi connectivity index (χ2v) is 5.73. The Morgan fingerprint density at radius 3 is 2.58 bits per heavy atom. The van der Waals surface area contributed by atoms with Crippen molar-refractivity contribution in [2.75, 3.05) is 23.8 Å². The van der Waals surface area contributed by atoms with Crippen molar-refractivity contribution < 1.29 is 9.18 Å². The van der Waals surface area contributed by atoms with Crippen LogP contribution in [0.5, 0.6) is 0 Å². The number of carbonyl (C=O) groups is 1. The smallest absolute Gasteiger partial charge is 0.276 e. The van der Waals surface area contributed by atoms with Crippen molar-refractivity contribution in [3.8, 4) is 0 Å². The molecule has 3 aromatic rings. The second-order valence-electron chi connectivity index (χ2n) is 5.73. The van der Waals surface area contributed by atoms with E-state index in [1.54, 1.807) is 31.3 Å². The Bertz CT molecular complexity index is 886. The number of hydrogen-bond acceptors (Lipinski definition) is 4. The third-order valence-electron chi connectivity index (χ3n) is 3.96. The van der Waals surface area contributed by atoms with Gasteiger partial charge in [0.1, 0.15) is 11.5 Å². The number of nitrogens with one attached hydrogen (secondary N) is 1. The highest BCUT2D eigenvalue weighted by Crippen LogP contribution is 2.14. The molecule has 26 heavy (non-hydrogen) atoms. The SMILES string of the molecule is CN(C(=O)c1ccnc(NCCc2ccccc2F)n1)c1ccccc1. The van der Waals surface area contributed by atoms with Gasteiger partial charge in [-0.1, -0.05) is 36.4 Å². The van der Waals surface area contributed by atoms with Crippen LogP contribution < -0.4 is 10.2 Å². The average molecular weight is 350 g/mol. The fraction of sp³-hybridized carbons (Fsp3) is 0.150. The van der Waals surface area contributed by atoms with Gasteiger partial charge < -0.3 is 10.2 Å². The molecule has 0 fully saturated rings. The predicted molar refractivity (Wildman–Crippen MR) is 99.8 cm³/mol.